The highest BCUT2D eigenvalue weighted by atomic mass is 16.5. The van der Waals surface area contributed by atoms with Crippen molar-refractivity contribution in [2.75, 3.05) is 12.4 Å². The van der Waals surface area contributed by atoms with Gasteiger partial charge in [-0.2, -0.15) is 0 Å². The Hall–Kier alpha value is -1.88. The number of hydrogen-bond acceptors (Lipinski definition) is 3. The van der Waals surface area contributed by atoms with Crippen LogP contribution < -0.4 is 5.32 Å². The number of ether oxygens (including phenoxy) is 1. The molecule has 0 aromatic heterocycles. The lowest BCUT2D eigenvalue weighted by atomic mass is 9.82. The summed E-state index contributed by atoms with van der Waals surface area (Å²) in [5.41, 5.74) is 1.39. The molecule has 1 amide bonds. The SMILES string of the molecule is COCc1cc(NC(=O)CCC2CCC2)cc(C(=O)O)c1. The van der Waals surface area contributed by atoms with Gasteiger partial charge < -0.3 is 15.2 Å². The number of amides is 1. The maximum absolute atomic E-state index is 11.9. The van der Waals surface area contributed by atoms with Crippen molar-refractivity contribution in [3.63, 3.8) is 0 Å². The molecule has 1 saturated carbocycles. The predicted molar refractivity (Wildman–Crippen MR) is 79.3 cm³/mol. The van der Waals surface area contributed by atoms with Gasteiger partial charge in [0.05, 0.1) is 12.2 Å². The number of aromatic carboxylic acids is 1. The van der Waals surface area contributed by atoms with Crippen molar-refractivity contribution in [1.29, 1.82) is 0 Å². The smallest absolute Gasteiger partial charge is 0.335 e. The average molecular weight is 291 g/mol. The van der Waals surface area contributed by atoms with Gasteiger partial charge in [0.1, 0.15) is 0 Å². The molecule has 1 aliphatic rings. The molecule has 0 saturated heterocycles. The van der Waals surface area contributed by atoms with Crippen LogP contribution >= 0.6 is 0 Å². The van der Waals surface area contributed by atoms with E-state index in [1.54, 1.807) is 19.2 Å². The van der Waals surface area contributed by atoms with E-state index in [1.165, 1.54) is 25.3 Å². The Morgan fingerprint density at radius 2 is 2.10 bits per heavy atom. The van der Waals surface area contributed by atoms with Crippen molar-refractivity contribution in [2.24, 2.45) is 5.92 Å². The molecule has 0 bridgehead atoms. The molecule has 0 atom stereocenters. The van der Waals surface area contributed by atoms with E-state index < -0.39 is 5.97 Å². The summed E-state index contributed by atoms with van der Waals surface area (Å²) in [6.07, 6.45) is 5.11. The summed E-state index contributed by atoms with van der Waals surface area (Å²) in [4.78, 5) is 23.0. The first kappa shape index (κ1) is 15.5. The maximum Gasteiger partial charge on any atom is 0.335 e. The first-order valence-electron chi connectivity index (χ1n) is 7.24. The van der Waals surface area contributed by atoms with Crippen LogP contribution in [-0.2, 0) is 16.1 Å². The van der Waals surface area contributed by atoms with Crippen LogP contribution in [0.4, 0.5) is 5.69 Å². The summed E-state index contributed by atoms with van der Waals surface area (Å²) in [6, 6.07) is 4.77. The lowest BCUT2D eigenvalue weighted by Crippen LogP contribution is -2.17. The van der Waals surface area contributed by atoms with Crippen molar-refractivity contribution < 1.29 is 19.4 Å². The van der Waals surface area contributed by atoms with Crippen LogP contribution in [0.5, 0.6) is 0 Å². The monoisotopic (exact) mass is 291 g/mol. The van der Waals surface area contributed by atoms with Gasteiger partial charge in [-0.3, -0.25) is 4.79 Å². The van der Waals surface area contributed by atoms with Gasteiger partial charge in [-0.25, -0.2) is 4.79 Å². The summed E-state index contributed by atoms with van der Waals surface area (Å²) < 4.78 is 5.02. The molecule has 1 aromatic rings. The zero-order chi connectivity index (χ0) is 15.2. The largest absolute Gasteiger partial charge is 0.478 e. The molecule has 0 aliphatic heterocycles. The maximum atomic E-state index is 11.9. The fraction of sp³-hybridized carbons (Fsp3) is 0.500. The minimum atomic E-state index is -1.02. The molecule has 114 valence electrons. The van der Waals surface area contributed by atoms with E-state index in [2.05, 4.69) is 5.32 Å². The van der Waals surface area contributed by atoms with Crippen LogP contribution in [0.2, 0.25) is 0 Å². The van der Waals surface area contributed by atoms with Crippen molar-refractivity contribution >= 4 is 17.6 Å². The molecule has 21 heavy (non-hydrogen) atoms. The van der Waals surface area contributed by atoms with E-state index in [0.717, 1.165) is 12.0 Å². The number of carbonyl (C=O) groups is 2. The van der Waals surface area contributed by atoms with E-state index in [-0.39, 0.29) is 11.5 Å². The van der Waals surface area contributed by atoms with E-state index >= 15 is 0 Å². The van der Waals surface area contributed by atoms with E-state index in [9.17, 15) is 9.59 Å². The average Bonchev–Trinajstić information content (AvgIpc) is 2.36. The van der Waals surface area contributed by atoms with Crippen LogP contribution in [-0.4, -0.2) is 24.1 Å². The minimum absolute atomic E-state index is 0.0622. The normalized spacial score (nSPS) is 14.5. The van der Waals surface area contributed by atoms with Crippen LogP contribution in [0.1, 0.15) is 48.0 Å². The first-order chi connectivity index (χ1) is 10.1. The summed E-state index contributed by atoms with van der Waals surface area (Å²) in [7, 11) is 1.55. The third-order valence-electron chi connectivity index (χ3n) is 3.84. The minimum Gasteiger partial charge on any atom is -0.478 e. The molecule has 0 radical (unpaired) electrons. The second-order valence-corrected chi connectivity index (χ2v) is 5.54. The number of rotatable bonds is 7. The highest BCUT2D eigenvalue weighted by Crippen LogP contribution is 2.30. The number of methoxy groups -OCH3 is 1. The van der Waals surface area contributed by atoms with Crippen LogP contribution in [0.15, 0.2) is 18.2 Å². The highest BCUT2D eigenvalue weighted by molar-refractivity contribution is 5.94. The fourth-order valence-electron chi connectivity index (χ4n) is 2.48. The van der Waals surface area contributed by atoms with Gasteiger partial charge in [0.25, 0.3) is 0 Å². The molecule has 1 fully saturated rings. The zero-order valence-corrected chi connectivity index (χ0v) is 12.2. The molecule has 2 rings (SSSR count). The number of carbonyl (C=O) groups excluding carboxylic acids is 1. The second-order valence-electron chi connectivity index (χ2n) is 5.54. The number of benzene rings is 1. The Morgan fingerprint density at radius 1 is 1.33 bits per heavy atom. The van der Waals surface area contributed by atoms with Crippen LogP contribution in [0.25, 0.3) is 0 Å². The topological polar surface area (TPSA) is 75.6 Å². The van der Waals surface area contributed by atoms with E-state index in [4.69, 9.17) is 9.84 Å². The van der Waals surface area contributed by atoms with Gasteiger partial charge in [-0.05, 0) is 36.1 Å². The van der Waals surface area contributed by atoms with Gasteiger partial charge in [0, 0.05) is 19.2 Å². The van der Waals surface area contributed by atoms with Gasteiger partial charge in [0.15, 0.2) is 0 Å². The Kier molecular flexibility index (Phi) is 5.33. The third kappa shape index (κ3) is 4.56. The summed E-state index contributed by atoms with van der Waals surface area (Å²) in [5.74, 6) is -0.393. The van der Waals surface area contributed by atoms with Gasteiger partial charge >= 0.3 is 5.97 Å². The molecule has 1 aromatic carbocycles. The molecule has 0 spiro atoms. The number of hydrogen-bond donors (Lipinski definition) is 2. The lowest BCUT2D eigenvalue weighted by Gasteiger charge is -2.24. The number of nitrogens with one attached hydrogen (secondary N) is 1. The zero-order valence-electron chi connectivity index (χ0n) is 12.2. The number of carboxylic acids is 1. The molecule has 1 aliphatic carbocycles. The van der Waals surface area contributed by atoms with Gasteiger partial charge in [-0.1, -0.05) is 19.3 Å². The van der Waals surface area contributed by atoms with Crippen molar-refractivity contribution in [1.82, 2.24) is 0 Å². The van der Waals surface area contributed by atoms with Crippen molar-refractivity contribution in [3.8, 4) is 0 Å². The highest BCUT2D eigenvalue weighted by Gasteiger charge is 2.18. The van der Waals surface area contributed by atoms with E-state index in [1.807, 2.05) is 0 Å². The summed E-state index contributed by atoms with van der Waals surface area (Å²) >= 11 is 0. The molecule has 2 N–H and O–H groups in total. The van der Waals surface area contributed by atoms with Crippen LogP contribution in [0, 0.1) is 5.92 Å². The summed E-state index contributed by atoms with van der Waals surface area (Å²) in [6.45, 7) is 0.312. The van der Waals surface area contributed by atoms with Gasteiger partial charge in [0.2, 0.25) is 5.91 Å². The first-order valence-corrected chi connectivity index (χ1v) is 7.24. The Labute approximate surface area is 124 Å². The van der Waals surface area contributed by atoms with Crippen molar-refractivity contribution in [3.05, 3.63) is 29.3 Å². The van der Waals surface area contributed by atoms with Crippen LogP contribution in [0.3, 0.4) is 0 Å². The fourth-order valence-corrected chi connectivity index (χ4v) is 2.48. The molecule has 0 heterocycles. The molecule has 5 nitrogen and oxygen atoms in total. The lowest BCUT2D eigenvalue weighted by molar-refractivity contribution is -0.116. The molecular formula is C16H21NO4. The standard InChI is InChI=1S/C16H21NO4/c1-21-10-12-7-13(16(19)20)9-14(8-12)17-15(18)6-5-11-3-2-4-11/h7-9,11H,2-6,10H2,1H3,(H,17,18)(H,19,20). The molecule has 0 unspecified atom stereocenters. The number of anilines is 1. The van der Waals surface area contributed by atoms with Crippen molar-refractivity contribution in [2.45, 2.75) is 38.7 Å². The number of carboxylic acid groups (broad SMARTS) is 1. The third-order valence-corrected chi connectivity index (χ3v) is 3.84. The Balaban J connectivity index is 1.99. The Bertz CT molecular complexity index is 523. The molecular weight excluding hydrogens is 270 g/mol. The second kappa shape index (κ2) is 7.22. The quantitative estimate of drug-likeness (QED) is 0.809. The predicted octanol–water partition coefficient (Wildman–Crippen LogP) is 3.05. The molecule has 5 heteroatoms. The van der Waals surface area contributed by atoms with E-state index in [0.29, 0.717) is 24.6 Å². The Morgan fingerprint density at radius 3 is 2.67 bits per heavy atom. The van der Waals surface area contributed by atoms with Gasteiger partial charge in [-0.15, -0.1) is 0 Å². The summed E-state index contributed by atoms with van der Waals surface area (Å²) in [5, 5.41) is 11.9.